The normalized spacial score (nSPS) is 17.8. The van der Waals surface area contributed by atoms with Crippen molar-refractivity contribution in [3.63, 3.8) is 0 Å². The number of nitrogens with two attached hydrogens (primary N) is 1. The molecule has 0 radical (unpaired) electrons. The molecule has 1 aromatic rings. The van der Waals surface area contributed by atoms with Gasteiger partial charge in [0.05, 0.1) is 5.69 Å². The topological polar surface area (TPSA) is 77.2 Å². The fourth-order valence-electron chi connectivity index (χ4n) is 2.91. The van der Waals surface area contributed by atoms with E-state index >= 15 is 0 Å². The summed E-state index contributed by atoms with van der Waals surface area (Å²) in [6.45, 7) is 8.15. The van der Waals surface area contributed by atoms with Crippen molar-refractivity contribution in [3.8, 4) is 0 Å². The fourth-order valence-corrected chi connectivity index (χ4v) is 4.12. The molecule has 0 aliphatic heterocycles. The van der Waals surface area contributed by atoms with Gasteiger partial charge in [0.15, 0.2) is 5.13 Å². The highest BCUT2D eigenvalue weighted by Gasteiger charge is 2.37. The molecular formula is C15H25N3O2S. The summed E-state index contributed by atoms with van der Waals surface area (Å²) in [7, 11) is 0. The standard InChI is InChI=1S/C15H25N3O2S/c1-10-11(15(9-16)7-5-6-8-15)21-12(17-10)18-13(19)20-14(2,3)4/h5-9,16H2,1-4H3,(H,17,18,19). The largest absolute Gasteiger partial charge is 0.444 e. The molecule has 1 fully saturated rings. The van der Waals surface area contributed by atoms with Gasteiger partial charge in [0.1, 0.15) is 5.60 Å². The number of carbonyl (C=O) groups is 1. The molecule has 1 heterocycles. The smallest absolute Gasteiger partial charge is 0.413 e. The first-order valence-corrected chi connectivity index (χ1v) is 8.25. The predicted octanol–water partition coefficient (Wildman–Crippen LogP) is 3.57. The van der Waals surface area contributed by atoms with Gasteiger partial charge in [-0.2, -0.15) is 0 Å². The first-order chi connectivity index (χ1) is 9.76. The van der Waals surface area contributed by atoms with Crippen molar-refractivity contribution in [1.29, 1.82) is 0 Å². The highest BCUT2D eigenvalue weighted by atomic mass is 32.1. The second kappa shape index (κ2) is 5.93. The van der Waals surface area contributed by atoms with Gasteiger partial charge < -0.3 is 10.5 Å². The molecule has 1 aromatic heterocycles. The number of carbonyl (C=O) groups excluding carboxylic acids is 1. The summed E-state index contributed by atoms with van der Waals surface area (Å²) in [5.41, 5.74) is 6.54. The Labute approximate surface area is 130 Å². The van der Waals surface area contributed by atoms with Gasteiger partial charge in [-0.1, -0.05) is 12.8 Å². The first-order valence-electron chi connectivity index (χ1n) is 7.44. The number of ether oxygens (including phenoxy) is 1. The zero-order valence-corrected chi connectivity index (χ0v) is 14.1. The van der Waals surface area contributed by atoms with Gasteiger partial charge in [-0.05, 0) is 40.5 Å². The quantitative estimate of drug-likeness (QED) is 0.894. The van der Waals surface area contributed by atoms with Crippen molar-refractivity contribution in [2.75, 3.05) is 11.9 Å². The van der Waals surface area contributed by atoms with Crippen LogP contribution in [-0.2, 0) is 10.2 Å². The lowest BCUT2D eigenvalue weighted by Gasteiger charge is -2.26. The monoisotopic (exact) mass is 311 g/mol. The number of rotatable bonds is 3. The maximum atomic E-state index is 11.8. The Morgan fingerprint density at radius 3 is 2.57 bits per heavy atom. The van der Waals surface area contributed by atoms with Crippen molar-refractivity contribution < 1.29 is 9.53 Å². The number of amides is 1. The Morgan fingerprint density at radius 2 is 2.05 bits per heavy atom. The molecule has 1 aliphatic rings. The molecule has 2 rings (SSSR count). The molecule has 5 nitrogen and oxygen atoms in total. The summed E-state index contributed by atoms with van der Waals surface area (Å²) in [4.78, 5) is 17.5. The second-order valence-corrected chi connectivity index (χ2v) is 7.75. The Balaban J connectivity index is 2.14. The second-order valence-electron chi connectivity index (χ2n) is 6.75. The highest BCUT2D eigenvalue weighted by molar-refractivity contribution is 7.16. The van der Waals surface area contributed by atoms with Crippen LogP contribution in [0.25, 0.3) is 0 Å². The van der Waals surface area contributed by atoms with Gasteiger partial charge >= 0.3 is 6.09 Å². The first kappa shape index (κ1) is 16.2. The minimum absolute atomic E-state index is 0.0512. The van der Waals surface area contributed by atoms with Crippen LogP contribution in [0.1, 0.15) is 57.0 Å². The summed E-state index contributed by atoms with van der Waals surface area (Å²) in [5, 5.41) is 3.32. The summed E-state index contributed by atoms with van der Waals surface area (Å²) in [5.74, 6) is 0. The van der Waals surface area contributed by atoms with Gasteiger partial charge in [-0.15, -0.1) is 11.3 Å². The molecular weight excluding hydrogens is 286 g/mol. The van der Waals surface area contributed by atoms with Crippen LogP contribution in [0.15, 0.2) is 0 Å². The molecule has 0 unspecified atom stereocenters. The van der Waals surface area contributed by atoms with E-state index in [2.05, 4.69) is 10.3 Å². The van der Waals surface area contributed by atoms with Gasteiger partial charge in [0.2, 0.25) is 0 Å². The van der Waals surface area contributed by atoms with Crippen LogP contribution in [0.4, 0.5) is 9.93 Å². The van der Waals surface area contributed by atoms with E-state index in [-0.39, 0.29) is 5.41 Å². The van der Waals surface area contributed by atoms with Crippen LogP contribution < -0.4 is 11.1 Å². The number of hydrogen-bond donors (Lipinski definition) is 2. The molecule has 0 aromatic carbocycles. The maximum absolute atomic E-state index is 11.8. The van der Waals surface area contributed by atoms with E-state index in [0.29, 0.717) is 11.7 Å². The third-order valence-corrected chi connectivity index (χ3v) is 5.16. The zero-order valence-electron chi connectivity index (χ0n) is 13.3. The molecule has 0 saturated heterocycles. The van der Waals surface area contributed by atoms with E-state index in [0.717, 1.165) is 18.5 Å². The van der Waals surface area contributed by atoms with Crippen molar-refractivity contribution in [1.82, 2.24) is 4.98 Å². The SMILES string of the molecule is Cc1nc(NC(=O)OC(C)(C)C)sc1C1(CN)CCCC1. The van der Waals surface area contributed by atoms with E-state index in [4.69, 9.17) is 10.5 Å². The van der Waals surface area contributed by atoms with Crippen LogP contribution in [0, 0.1) is 6.92 Å². The lowest BCUT2D eigenvalue weighted by atomic mass is 9.84. The number of aromatic nitrogens is 1. The average molecular weight is 311 g/mol. The molecule has 21 heavy (non-hydrogen) atoms. The van der Waals surface area contributed by atoms with Crippen molar-refractivity contribution in [2.24, 2.45) is 5.73 Å². The van der Waals surface area contributed by atoms with E-state index < -0.39 is 11.7 Å². The molecule has 3 N–H and O–H groups in total. The Kier molecular flexibility index (Phi) is 4.58. The summed E-state index contributed by atoms with van der Waals surface area (Å²) in [6.07, 6.45) is 4.18. The third-order valence-electron chi connectivity index (χ3n) is 3.84. The number of hydrogen-bond acceptors (Lipinski definition) is 5. The molecule has 0 spiro atoms. The van der Waals surface area contributed by atoms with Gasteiger partial charge in [0.25, 0.3) is 0 Å². The van der Waals surface area contributed by atoms with Crippen LogP contribution in [0.3, 0.4) is 0 Å². The van der Waals surface area contributed by atoms with E-state index in [1.54, 1.807) is 0 Å². The zero-order chi connectivity index (χ0) is 15.7. The number of nitrogens with zero attached hydrogens (tertiary/aromatic N) is 1. The molecule has 6 heteroatoms. The van der Waals surface area contributed by atoms with Crippen molar-refractivity contribution in [3.05, 3.63) is 10.6 Å². The van der Waals surface area contributed by atoms with Gasteiger partial charge in [0, 0.05) is 16.8 Å². The lowest BCUT2D eigenvalue weighted by Crippen LogP contribution is -2.31. The van der Waals surface area contributed by atoms with Crippen LogP contribution in [0.5, 0.6) is 0 Å². The molecule has 118 valence electrons. The minimum atomic E-state index is -0.511. The van der Waals surface area contributed by atoms with Gasteiger partial charge in [-0.25, -0.2) is 9.78 Å². The Morgan fingerprint density at radius 1 is 1.43 bits per heavy atom. The Hall–Kier alpha value is -1.14. The summed E-state index contributed by atoms with van der Waals surface area (Å²) < 4.78 is 5.26. The summed E-state index contributed by atoms with van der Waals surface area (Å²) in [6, 6.07) is 0. The highest BCUT2D eigenvalue weighted by Crippen LogP contribution is 2.45. The van der Waals surface area contributed by atoms with E-state index in [1.165, 1.54) is 29.1 Å². The number of aryl methyl sites for hydroxylation is 1. The average Bonchev–Trinajstić information content (AvgIpc) is 2.94. The molecule has 0 bridgehead atoms. The lowest BCUT2D eigenvalue weighted by molar-refractivity contribution is 0.0636. The van der Waals surface area contributed by atoms with Crippen molar-refractivity contribution in [2.45, 2.75) is 64.4 Å². The molecule has 1 amide bonds. The molecule has 1 saturated carbocycles. The summed E-state index contributed by atoms with van der Waals surface area (Å²) >= 11 is 1.53. The number of anilines is 1. The van der Waals surface area contributed by atoms with Crippen molar-refractivity contribution >= 4 is 22.6 Å². The number of nitrogens with one attached hydrogen (secondary N) is 1. The Bertz CT molecular complexity index is 513. The number of thiazole rings is 1. The molecule has 1 aliphatic carbocycles. The van der Waals surface area contributed by atoms with E-state index in [1.807, 2.05) is 27.7 Å². The van der Waals surface area contributed by atoms with Crippen LogP contribution in [-0.4, -0.2) is 23.2 Å². The third kappa shape index (κ3) is 3.74. The van der Waals surface area contributed by atoms with E-state index in [9.17, 15) is 4.79 Å². The fraction of sp³-hybridized carbons (Fsp3) is 0.733. The van der Waals surface area contributed by atoms with Crippen LogP contribution >= 0.6 is 11.3 Å². The maximum Gasteiger partial charge on any atom is 0.413 e. The van der Waals surface area contributed by atoms with Gasteiger partial charge in [-0.3, -0.25) is 5.32 Å². The predicted molar refractivity (Wildman–Crippen MR) is 85.9 cm³/mol. The minimum Gasteiger partial charge on any atom is -0.444 e. The molecule has 0 atom stereocenters. The van der Waals surface area contributed by atoms with Crippen LogP contribution in [0.2, 0.25) is 0 Å².